The molecule has 0 radical (unpaired) electrons. The first-order valence-corrected chi connectivity index (χ1v) is 4.45. The van der Waals surface area contributed by atoms with Crippen LogP contribution >= 0.6 is 0 Å². The third-order valence-corrected chi connectivity index (χ3v) is 2.35. The van der Waals surface area contributed by atoms with Crippen LogP contribution in [0.3, 0.4) is 0 Å². The molecular formula is C11H13NO. The van der Waals surface area contributed by atoms with Crippen LogP contribution in [0.4, 0.5) is 0 Å². The highest BCUT2D eigenvalue weighted by molar-refractivity contribution is 5.41. The van der Waals surface area contributed by atoms with Gasteiger partial charge in [-0.25, -0.2) is 0 Å². The van der Waals surface area contributed by atoms with Gasteiger partial charge in [0.1, 0.15) is 5.75 Å². The van der Waals surface area contributed by atoms with E-state index in [4.69, 9.17) is 10.5 Å². The minimum Gasteiger partial charge on any atom is -0.493 e. The fourth-order valence-corrected chi connectivity index (χ4v) is 1.55. The Morgan fingerprint density at radius 2 is 2.38 bits per heavy atom. The van der Waals surface area contributed by atoms with Crippen LogP contribution in [0.5, 0.6) is 5.75 Å². The molecule has 0 aromatic heterocycles. The maximum absolute atomic E-state index is 5.83. The van der Waals surface area contributed by atoms with E-state index in [1.807, 2.05) is 12.1 Å². The van der Waals surface area contributed by atoms with Crippen LogP contribution in [0.25, 0.3) is 0 Å². The largest absolute Gasteiger partial charge is 0.493 e. The Morgan fingerprint density at radius 3 is 3.15 bits per heavy atom. The van der Waals surface area contributed by atoms with Gasteiger partial charge in [-0.2, -0.15) is 0 Å². The van der Waals surface area contributed by atoms with Gasteiger partial charge < -0.3 is 10.5 Å². The minimum atomic E-state index is -0.0640. The van der Waals surface area contributed by atoms with Crippen LogP contribution < -0.4 is 10.5 Å². The van der Waals surface area contributed by atoms with Crippen molar-refractivity contribution in [3.8, 4) is 5.75 Å². The van der Waals surface area contributed by atoms with Gasteiger partial charge in [0.05, 0.1) is 6.61 Å². The maximum atomic E-state index is 5.83. The number of hydrogen-bond donors (Lipinski definition) is 1. The number of rotatable bonds is 2. The van der Waals surface area contributed by atoms with Crippen molar-refractivity contribution in [2.45, 2.75) is 12.5 Å². The van der Waals surface area contributed by atoms with Crippen molar-refractivity contribution in [2.75, 3.05) is 6.61 Å². The van der Waals surface area contributed by atoms with E-state index in [1.54, 1.807) is 6.08 Å². The first-order chi connectivity index (χ1) is 6.31. The lowest BCUT2D eigenvalue weighted by Gasteiger charge is -2.07. The molecule has 2 nitrogen and oxygen atoms in total. The number of nitrogens with two attached hydrogens (primary N) is 1. The van der Waals surface area contributed by atoms with Crippen LogP contribution in [-0.4, -0.2) is 6.61 Å². The smallest absolute Gasteiger partial charge is 0.122 e. The predicted octanol–water partition coefficient (Wildman–Crippen LogP) is 1.81. The molecule has 1 atom stereocenters. The van der Waals surface area contributed by atoms with Gasteiger partial charge in [-0.05, 0) is 17.2 Å². The Kier molecular flexibility index (Phi) is 2.07. The summed E-state index contributed by atoms with van der Waals surface area (Å²) in [5.74, 6) is 1.00. The van der Waals surface area contributed by atoms with E-state index in [0.29, 0.717) is 0 Å². The molecule has 0 saturated heterocycles. The molecule has 0 bridgehead atoms. The standard InChI is InChI=1S/C11H13NO/c1-2-10(12)8-3-4-11-9(7-8)5-6-13-11/h2-4,7,10H,1,5-6,12H2/t10-/m0/s1. The lowest BCUT2D eigenvalue weighted by molar-refractivity contribution is 0.357. The summed E-state index contributed by atoms with van der Waals surface area (Å²) in [5.41, 5.74) is 8.20. The zero-order valence-electron chi connectivity index (χ0n) is 7.49. The summed E-state index contributed by atoms with van der Waals surface area (Å²) in [6.45, 7) is 4.47. The van der Waals surface area contributed by atoms with Gasteiger partial charge >= 0.3 is 0 Å². The van der Waals surface area contributed by atoms with E-state index in [2.05, 4.69) is 12.6 Å². The van der Waals surface area contributed by atoms with Gasteiger partial charge in [0.2, 0.25) is 0 Å². The summed E-state index contributed by atoms with van der Waals surface area (Å²) < 4.78 is 5.40. The highest BCUT2D eigenvalue weighted by Gasteiger charge is 2.13. The number of ether oxygens (including phenoxy) is 1. The summed E-state index contributed by atoms with van der Waals surface area (Å²) >= 11 is 0. The zero-order chi connectivity index (χ0) is 9.26. The molecule has 1 aromatic rings. The molecule has 68 valence electrons. The van der Waals surface area contributed by atoms with Crippen molar-refractivity contribution in [3.63, 3.8) is 0 Å². The summed E-state index contributed by atoms with van der Waals surface area (Å²) in [5, 5.41) is 0. The van der Waals surface area contributed by atoms with E-state index in [9.17, 15) is 0 Å². The van der Waals surface area contributed by atoms with Crippen LogP contribution in [0, 0.1) is 0 Å². The molecule has 13 heavy (non-hydrogen) atoms. The second-order valence-corrected chi connectivity index (χ2v) is 3.23. The Morgan fingerprint density at radius 1 is 1.54 bits per heavy atom. The molecule has 1 heterocycles. The molecular weight excluding hydrogens is 162 g/mol. The zero-order valence-corrected chi connectivity index (χ0v) is 7.49. The fraction of sp³-hybridized carbons (Fsp3) is 0.273. The SMILES string of the molecule is C=C[C@H](N)c1ccc2c(c1)CCO2. The van der Waals surface area contributed by atoms with E-state index in [1.165, 1.54) is 5.56 Å². The molecule has 0 aliphatic carbocycles. The molecule has 2 rings (SSSR count). The first-order valence-electron chi connectivity index (χ1n) is 4.45. The first kappa shape index (κ1) is 8.32. The minimum absolute atomic E-state index is 0.0640. The van der Waals surface area contributed by atoms with Crippen molar-refractivity contribution in [1.82, 2.24) is 0 Å². The molecule has 2 N–H and O–H groups in total. The predicted molar refractivity (Wildman–Crippen MR) is 52.8 cm³/mol. The molecule has 1 aliphatic heterocycles. The molecule has 1 aliphatic rings. The van der Waals surface area contributed by atoms with E-state index in [-0.39, 0.29) is 6.04 Å². The topological polar surface area (TPSA) is 35.2 Å². The molecule has 0 amide bonds. The summed E-state index contributed by atoms with van der Waals surface area (Å²) in [7, 11) is 0. The number of benzene rings is 1. The normalized spacial score (nSPS) is 16.1. The Labute approximate surface area is 78.0 Å². The van der Waals surface area contributed by atoms with Crippen LogP contribution in [-0.2, 0) is 6.42 Å². The van der Waals surface area contributed by atoms with Crippen LogP contribution in [0.1, 0.15) is 17.2 Å². The van der Waals surface area contributed by atoms with Crippen molar-refractivity contribution < 1.29 is 4.74 Å². The third kappa shape index (κ3) is 1.45. The Bertz CT molecular complexity index is 333. The van der Waals surface area contributed by atoms with E-state index < -0.39 is 0 Å². The summed E-state index contributed by atoms with van der Waals surface area (Å²) in [6, 6.07) is 6.03. The van der Waals surface area contributed by atoms with Gasteiger partial charge in [-0.3, -0.25) is 0 Å². The average Bonchev–Trinajstić information content (AvgIpc) is 2.63. The highest BCUT2D eigenvalue weighted by atomic mass is 16.5. The molecule has 2 heteroatoms. The van der Waals surface area contributed by atoms with Crippen LogP contribution in [0.2, 0.25) is 0 Å². The van der Waals surface area contributed by atoms with Crippen LogP contribution in [0.15, 0.2) is 30.9 Å². The van der Waals surface area contributed by atoms with Crippen molar-refractivity contribution in [1.29, 1.82) is 0 Å². The monoisotopic (exact) mass is 175 g/mol. The summed E-state index contributed by atoms with van der Waals surface area (Å²) in [4.78, 5) is 0. The average molecular weight is 175 g/mol. The van der Waals surface area contributed by atoms with Gasteiger partial charge in [0.25, 0.3) is 0 Å². The van der Waals surface area contributed by atoms with Gasteiger partial charge in [-0.15, -0.1) is 6.58 Å². The van der Waals surface area contributed by atoms with Gasteiger partial charge in [-0.1, -0.05) is 18.2 Å². The molecule has 0 fully saturated rings. The number of hydrogen-bond acceptors (Lipinski definition) is 2. The number of fused-ring (bicyclic) bond motifs is 1. The van der Waals surface area contributed by atoms with Gasteiger partial charge in [0, 0.05) is 12.5 Å². The second kappa shape index (κ2) is 3.23. The molecule has 0 spiro atoms. The van der Waals surface area contributed by atoms with E-state index >= 15 is 0 Å². The van der Waals surface area contributed by atoms with Gasteiger partial charge in [0.15, 0.2) is 0 Å². The fourth-order valence-electron chi connectivity index (χ4n) is 1.55. The van der Waals surface area contributed by atoms with E-state index in [0.717, 1.165) is 24.3 Å². The molecule has 0 unspecified atom stereocenters. The quantitative estimate of drug-likeness (QED) is 0.696. The second-order valence-electron chi connectivity index (χ2n) is 3.23. The molecule has 1 aromatic carbocycles. The Hall–Kier alpha value is -1.28. The van der Waals surface area contributed by atoms with Crippen molar-refractivity contribution in [2.24, 2.45) is 5.73 Å². The maximum Gasteiger partial charge on any atom is 0.122 e. The Balaban J connectivity index is 2.35. The lowest BCUT2D eigenvalue weighted by atomic mass is 10.0. The lowest BCUT2D eigenvalue weighted by Crippen LogP contribution is -2.06. The third-order valence-electron chi connectivity index (χ3n) is 2.35. The van der Waals surface area contributed by atoms with Crippen molar-refractivity contribution >= 4 is 0 Å². The summed E-state index contributed by atoms with van der Waals surface area (Å²) in [6.07, 6.45) is 2.74. The molecule has 0 saturated carbocycles. The van der Waals surface area contributed by atoms with Crippen molar-refractivity contribution in [3.05, 3.63) is 42.0 Å². The highest BCUT2D eigenvalue weighted by Crippen LogP contribution is 2.27.